The molecule has 0 radical (unpaired) electrons. The van der Waals surface area contributed by atoms with E-state index in [1.54, 1.807) is 12.7 Å². The number of ether oxygens (including phenoxy) is 1. The van der Waals surface area contributed by atoms with Crippen molar-refractivity contribution in [3.8, 4) is 5.75 Å². The van der Waals surface area contributed by atoms with Gasteiger partial charge in [0, 0.05) is 18.5 Å². The van der Waals surface area contributed by atoms with E-state index in [0.717, 1.165) is 11.7 Å². The van der Waals surface area contributed by atoms with E-state index in [0.29, 0.717) is 12.0 Å². The molecule has 0 saturated carbocycles. The Morgan fingerprint density at radius 1 is 1.13 bits per heavy atom. The van der Waals surface area contributed by atoms with Gasteiger partial charge < -0.3 is 9.64 Å². The first-order valence-corrected chi connectivity index (χ1v) is 8.67. The smallest absolute Gasteiger partial charge is 0.119 e. The molecule has 2 aliphatic rings. The summed E-state index contributed by atoms with van der Waals surface area (Å²) >= 11 is 0. The summed E-state index contributed by atoms with van der Waals surface area (Å²) in [5.41, 5.74) is 4.52. The van der Waals surface area contributed by atoms with Crippen LogP contribution >= 0.6 is 0 Å². The molecule has 4 rings (SSSR count). The largest absolute Gasteiger partial charge is 0.497 e. The van der Waals surface area contributed by atoms with Gasteiger partial charge in [0.2, 0.25) is 0 Å². The lowest BCUT2D eigenvalue weighted by atomic mass is 9.73. The number of rotatable bonds is 3. The number of aryl methyl sites for hydroxylation is 1. The molecule has 23 heavy (non-hydrogen) atoms. The fourth-order valence-electron chi connectivity index (χ4n) is 4.67. The second-order valence-electron chi connectivity index (χ2n) is 7.07. The molecule has 1 saturated heterocycles. The molecule has 0 amide bonds. The van der Waals surface area contributed by atoms with E-state index in [1.807, 2.05) is 0 Å². The Hall–Kier alpha value is -1.80. The molecule has 1 heterocycles. The lowest BCUT2D eigenvalue weighted by Gasteiger charge is -2.31. The molecule has 0 unspecified atom stereocenters. The van der Waals surface area contributed by atoms with Crippen molar-refractivity contribution in [3.05, 3.63) is 65.2 Å². The van der Waals surface area contributed by atoms with E-state index in [1.165, 1.54) is 36.9 Å². The van der Waals surface area contributed by atoms with Gasteiger partial charge >= 0.3 is 0 Å². The molecule has 2 nitrogen and oxygen atoms in total. The van der Waals surface area contributed by atoms with E-state index < -0.39 is 0 Å². The third-order valence-electron chi connectivity index (χ3n) is 5.85. The van der Waals surface area contributed by atoms with E-state index in [4.69, 9.17) is 4.74 Å². The maximum absolute atomic E-state index is 5.40. The number of hydrogen-bond acceptors (Lipinski definition) is 2. The fourth-order valence-corrected chi connectivity index (χ4v) is 4.67. The zero-order chi connectivity index (χ0) is 15.8. The number of likely N-dealkylation sites (tertiary alicyclic amines) is 1. The summed E-state index contributed by atoms with van der Waals surface area (Å²) < 4.78 is 5.40. The third-order valence-corrected chi connectivity index (χ3v) is 5.85. The minimum Gasteiger partial charge on any atom is -0.497 e. The molecular weight excluding hydrogens is 282 g/mol. The molecule has 2 aromatic rings. The van der Waals surface area contributed by atoms with Crippen molar-refractivity contribution in [2.24, 2.45) is 5.92 Å². The first-order valence-electron chi connectivity index (χ1n) is 8.67. The van der Waals surface area contributed by atoms with E-state index in [-0.39, 0.29) is 0 Å². The van der Waals surface area contributed by atoms with Crippen LogP contribution in [-0.4, -0.2) is 31.6 Å². The van der Waals surface area contributed by atoms with Gasteiger partial charge in [-0.3, -0.25) is 0 Å². The predicted octanol–water partition coefficient (Wildman–Crippen LogP) is 3.90. The predicted molar refractivity (Wildman–Crippen MR) is 94.1 cm³/mol. The molecule has 3 atom stereocenters. The minimum atomic E-state index is 0.664. The van der Waals surface area contributed by atoms with Gasteiger partial charge in [-0.15, -0.1) is 0 Å². The van der Waals surface area contributed by atoms with Crippen LogP contribution in [0.1, 0.15) is 29.0 Å². The van der Waals surface area contributed by atoms with Gasteiger partial charge in [0.25, 0.3) is 0 Å². The molecule has 1 fully saturated rings. The van der Waals surface area contributed by atoms with Gasteiger partial charge in [-0.05, 0) is 61.1 Å². The van der Waals surface area contributed by atoms with Gasteiger partial charge in [0.05, 0.1) is 7.11 Å². The van der Waals surface area contributed by atoms with Gasteiger partial charge in [-0.25, -0.2) is 0 Å². The molecule has 0 aromatic heterocycles. The van der Waals surface area contributed by atoms with Crippen molar-refractivity contribution in [1.82, 2.24) is 4.90 Å². The Morgan fingerprint density at radius 2 is 1.96 bits per heavy atom. The van der Waals surface area contributed by atoms with Crippen LogP contribution in [0.15, 0.2) is 48.5 Å². The Kier molecular flexibility index (Phi) is 3.86. The van der Waals surface area contributed by atoms with E-state index >= 15 is 0 Å². The number of hydrogen-bond donors (Lipinski definition) is 0. The Balaban J connectivity index is 1.60. The van der Waals surface area contributed by atoms with Crippen LogP contribution in [-0.2, 0) is 12.8 Å². The third kappa shape index (κ3) is 2.66. The quantitative estimate of drug-likeness (QED) is 0.853. The number of nitrogens with zero attached hydrogens (tertiary/aromatic N) is 1. The Labute approximate surface area is 139 Å². The number of benzene rings is 2. The molecule has 2 heteroatoms. The van der Waals surface area contributed by atoms with E-state index in [9.17, 15) is 0 Å². The zero-order valence-electron chi connectivity index (χ0n) is 14.0. The molecule has 0 N–H and O–H groups in total. The summed E-state index contributed by atoms with van der Waals surface area (Å²) in [7, 11) is 4.06. The van der Waals surface area contributed by atoms with Crippen LogP contribution < -0.4 is 4.74 Å². The fraction of sp³-hybridized carbons (Fsp3) is 0.429. The van der Waals surface area contributed by atoms with Crippen molar-refractivity contribution in [2.75, 3.05) is 20.7 Å². The molecule has 0 spiro atoms. The average molecular weight is 307 g/mol. The van der Waals surface area contributed by atoms with Crippen molar-refractivity contribution in [1.29, 1.82) is 0 Å². The molecular formula is C21H25NO. The van der Waals surface area contributed by atoms with Crippen LogP contribution in [0.25, 0.3) is 0 Å². The standard InChI is InChI=1S/C21H25NO/c1-22-14-20-18-11-9-17(23-2)13-16(18)8-10-19(20)21(22)12-15-6-4-3-5-7-15/h3-7,9,11,13,19-21H,8,10,12,14H2,1-2H3/t19-,20+,21-/m0/s1. The second kappa shape index (κ2) is 6.01. The van der Waals surface area contributed by atoms with E-state index in [2.05, 4.69) is 60.5 Å². The Bertz CT molecular complexity index is 681. The molecule has 2 aromatic carbocycles. The number of likely N-dealkylation sites (N-methyl/N-ethyl adjacent to an activating group) is 1. The average Bonchev–Trinajstić information content (AvgIpc) is 2.91. The first kappa shape index (κ1) is 14.8. The van der Waals surface area contributed by atoms with Crippen molar-refractivity contribution in [3.63, 3.8) is 0 Å². The van der Waals surface area contributed by atoms with Crippen molar-refractivity contribution < 1.29 is 4.74 Å². The van der Waals surface area contributed by atoms with Crippen molar-refractivity contribution >= 4 is 0 Å². The first-order chi connectivity index (χ1) is 11.3. The van der Waals surface area contributed by atoms with Crippen LogP contribution in [0.2, 0.25) is 0 Å². The highest BCUT2D eigenvalue weighted by Crippen LogP contribution is 2.45. The van der Waals surface area contributed by atoms with Crippen molar-refractivity contribution in [2.45, 2.75) is 31.2 Å². The zero-order valence-corrected chi connectivity index (χ0v) is 14.0. The monoisotopic (exact) mass is 307 g/mol. The number of fused-ring (bicyclic) bond motifs is 3. The summed E-state index contributed by atoms with van der Waals surface area (Å²) in [5.74, 6) is 2.46. The highest BCUT2D eigenvalue weighted by molar-refractivity contribution is 5.41. The maximum Gasteiger partial charge on any atom is 0.119 e. The second-order valence-corrected chi connectivity index (χ2v) is 7.07. The van der Waals surface area contributed by atoms with Crippen LogP contribution in [0.5, 0.6) is 5.75 Å². The van der Waals surface area contributed by atoms with Crippen LogP contribution in [0.3, 0.4) is 0 Å². The summed E-state index contributed by atoms with van der Waals surface area (Å²) in [6.07, 6.45) is 3.66. The summed E-state index contributed by atoms with van der Waals surface area (Å²) in [5, 5.41) is 0. The van der Waals surface area contributed by atoms with Gasteiger partial charge in [-0.1, -0.05) is 36.4 Å². The summed E-state index contributed by atoms with van der Waals surface area (Å²) in [6, 6.07) is 18.3. The molecule has 1 aliphatic carbocycles. The summed E-state index contributed by atoms with van der Waals surface area (Å²) in [6.45, 7) is 1.18. The normalized spacial score (nSPS) is 26.6. The summed E-state index contributed by atoms with van der Waals surface area (Å²) in [4.78, 5) is 2.58. The SMILES string of the molecule is COc1ccc2c(c1)CC[C@H]1[C@@H]2CN(C)[C@H]1Cc1ccccc1. The van der Waals surface area contributed by atoms with Crippen LogP contribution in [0, 0.1) is 5.92 Å². The highest BCUT2D eigenvalue weighted by atomic mass is 16.5. The number of methoxy groups -OCH3 is 1. The van der Waals surface area contributed by atoms with Gasteiger partial charge in [-0.2, -0.15) is 0 Å². The van der Waals surface area contributed by atoms with Gasteiger partial charge in [0.15, 0.2) is 0 Å². The van der Waals surface area contributed by atoms with Crippen LogP contribution in [0.4, 0.5) is 0 Å². The lowest BCUT2D eigenvalue weighted by molar-refractivity contribution is 0.259. The molecule has 120 valence electrons. The minimum absolute atomic E-state index is 0.664. The topological polar surface area (TPSA) is 12.5 Å². The molecule has 0 bridgehead atoms. The maximum atomic E-state index is 5.40. The highest BCUT2D eigenvalue weighted by Gasteiger charge is 2.42. The van der Waals surface area contributed by atoms with Gasteiger partial charge in [0.1, 0.15) is 5.75 Å². The lowest BCUT2D eigenvalue weighted by Crippen LogP contribution is -2.32. The molecule has 1 aliphatic heterocycles. The Morgan fingerprint density at radius 3 is 2.74 bits per heavy atom.